The molecule has 1 heterocycles. The fourth-order valence-corrected chi connectivity index (χ4v) is 2.64. The van der Waals surface area contributed by atoms with Crippen molar-refractivity contribution in [2.75, 3.05) is 18.4 Å². The van der Waals surface area contributed by atoms with Crippen LogP contribution in [0.4, 0.5) is 5.69 Å². The summed E-state index contributed by atoms with van der Waals surface area (Å²) in [7, 11) is 0. The smallest absolute Gasteiger partial charge is 0.335 e. The van der Waals surface area contributed by atoms with Crippen LogP contribution in [-0.4, -0.2) is 40.6 Å². The van der Waals surface area contributed by atoms with Crippen LogP contribution in [0.2, 0.25) is 0 Å². The summed E-state index contributed by atoms with van der Waals surface area (Å²) >= 11 is 0. The van der Waals surface area contributed by atoms with Gasteiger partial charge in [0.1, 0.15) is 0 Å². The molecule has 0 unspecified atom stereocenters. The SMILES string of the molecule is CC(C)(C)N1CCC(Nc2ccc(C(=O)O)cc2)CC1. The molecule has 0 aliphatic carbocycles. The fraction of sp³-hybridized carbons (Fsp3) is 0.562. The summed E-state index contributed by atoms with van der Waals surface area (Å²) in [4.78, 5) is 13.3. The Hall–Kier alpha value is -1.55. The van der Waals surface area contributed by atoms with Crippen LogP contribution in [0.3, 0.4) is 0 Å². The maximum Gasteiger partial charge on any atom is 0.335 e. The monoisotopic (exact) mass is 276 g/mol. The molecule has 0 radical (unpaired) electrons. The zero-order valence-corrected chi connectivity index (χ0v) is 12.5. The molecule has 0 bridgehead atoms. The summed E-state index contributed by atoms with van der Waals surface area (Å²) in [5.74, 6) is -0.880. The van der Waals surface area contributed by atoms with Gasteiger partial charge in [-0.3, -0.25) is 4.90 Å². The zero-order chi connectivity index (χ0) is 14.8. The number of benzene rings is 1. The molecule has 0 spiro atoms. The standard InChI is InChI=1S/C16H24N2O2/c1-16(2,3)18-10-8-14(9-11-18)17-13-6-4-12(5-7-13)15(19)20/h4-7,14,17H,8-11H2,1-3H3,(H,19,20). The Bertz CT molecular complexity index is 454. The molecule has 1 aliphatic heterocycles. The van der Waals surface area contributed by atoms with E-state index in [1.54, 1.807) is 12.1 Å². The molecule has 1 aromatic rings. The van der Waals surface area contributed by atoms with E-state index in [1.807, 2.05) is 12.1 Å². The third-order valence-electron chi connectivity index (χ3n) is 3.95. The molecular formula is C16H24N2O2. The van der Waals surface area contributed by atoms with Gasteiger partial charge in [-0.15, -0.1) is 0 Å². The van der Waals surface area contributed by atoms with E-state index in [4.69, 9.17) is 5.11 Å². The van der Waals surface area contributed by atoms with Gasteiger partial charge in [0.2, 0.25) is 0 Å². The van der Waals surface area contributed by atoms with Crippen molar-refractivity contribution in [3.8, 4) is 0 Å². The minimum Gasteiger partial charge on any atom is -0.478 e. The number of hydrogen-bond acceptors (Lipinski definition) is 3. The number of carbonyl (C=O) groups is 1. The Labute approximate surface area is 120 Å². The third kappa shape index (κ3) is 3.73. The number of rotatable bonds is 3. The number of aromatic carboxylic acids is 1. The summed E-state index contributed by atoms with van der Waals surface area (Å²) in [5, 5.41) is 12.4. The number of anilines is 1. The van der Waals surface area contributed by atoms with Crippen LogP contribution in [0, 0.1) is 0 Å². The molecular weight excluding hydrogens is 252 g/mol. The molecule has 2 N–H and O–H groups in total. The van der Waals surface area contributed by atoms with E-state index in [0.717, 1.165) is 31.6 Å². The average Bonchev–Trinajstić information content (AvgIpc) is 2.39. The second-order valence-corrected chi connectivity index (χ2v) is 6.46. The Balaban J connectivity index is 1.88. The average molecular weight is 276 g/mol. The van der Waals surface area contributed by atoms with Gasteiger partial charge in [-0.25, -0.2) is 4.79 Å². The normalized spacial score (nSPS) is 17.9. The highest BCUT2D eigenvalue weighted by Crippen LogP contribution is 2.22. The van der Waals surface area contributed by atoms with Gasteiger partial charge in [0, 0.05) is 30.4 Å². The molecule has 1 aliphatic rings. The van der Waals surface area contributed by atoms with E-state index in [1.165, 1.54) is 0 Å². The first-order valence-electron chi connectivity index (χ1n) is 7.21. The quantitative estimate of drug-likeness (QED) is 0.891. The molecule has 4 nitrogen and oxygen atoms in total. The van der Waals surface area contributed by atoms with Crippen molar-refractivity contribution < 1.29 is 9.90 Å². The molecule has 110 valence electrons. The summed E-state index contributed by atoms with van der Waals surface area (Å²) in [6.07, 6.45) is 2.25. The zero-order valence-electron chi connectivity index (χ0n) is 12.5. The van der Waals surface area contributed by atoms with Gasteiger partial charge in [0.15, 0.2) is 0 Å². The van der Waals surface area contributed by atoms with Crippen molar-refractivity contribution in [3.63, 3.8) is 0 Å². The number of hydrogen-bond donors (Lipinski definition) is 2. The highest BCUT2D eigenvalue weighted by molar-refractivity contribution is 5.87. The van der Waals surface area contributed by atoms with Crippen LogP contribution in [0.15, 0.2) is 24.3 Å². The molecule has 4 heteroatoms. The lowest BCUT2D eigenvalue weighted by molar-refractivity contribution is 0.0697. The van der Waals surface area contributed by atoms with E-state index < -0.39 is 5.97 Å². The molecule has 1 saturated heterocycles. The Kier molecular flexibility index (Phi) is 4.33. The van der Waals surface area contributed by atoms with Gasteiger partial charge >= 0.3 is 5.97 Å². The second-order valence-electron chi connectivity index (χ2n) is 6.46. The van der Waals surface area contributed by atoms with Crippen LogP contribution < -0.4 is 5.32 Å². The fourth-order valence-electron chi connectivity index (χ4n) is 2.64. The van der Waals surface area contributed by atoms with Crippen LogP contribution in [0.25, 0.3) is 0 Å². The maximum atomic E-state index is 10.8. The van der Waals surface area contributed by atoms with Gasteiger partial charge in [-0.1, -0.05) is 0 Å². The maximum absolute atomic E-state index is 10.8. The minimum atomic E-state index is -0.880. The van der Waals surface area contributed by atoms with Crippen LogP contribution in [0.5, 0.6) is 0 Å². The van der Waals surface area contributed by atoms with Gasteiger partial charge in [0.25, 0.3) is 0 Å². The van der Waals surface area contributed by atoms with E-state index in [-0.39, 0.29) is 5.54 Å². The lowest BCUT2D eigenvalue weighted by atomic mass is 9.98. The number of nitrogens with zero attached hydrogens (tertiary/aromatic N) is 1. The van der Waals surface area contributed by atoms with Crippen molar-refractivity contribution in [1.29, 1.82) is 0 Å². The number of carboxylic acid groups (broad SMARTS) is 1. The summed E-state index contributed by atoms with van der Waals surface area (Å²) in [6.45, 7) is 8.98. The van der Waals surface area contributed by atoms with Crippen LogP contribution in [-0.2, 0) is 0 Å². The Morgan fingerprint density at radius 2 is 1.75 bits per heavy atom. The van der Waals surface area contributed by atoms with Gasteiger partial charge in [-0.2, -0.15) is 0 Å². The predicted octanol–water partition coefficient (Wildman–Crippen LogP) is 3.06. The molecule has 1 aromatic carbocycles. The Morgan fingerprint density at radius 1 is 1.20 bits per heavy atom. The largest absolute Gasteiger partial charge is 0.478 e. The van der Waals surface area contributed by atoms with E-state index in [9.17, 15) is 4.79 Å². The first-order valence-corrected chi connectivity index (χ1v) is 7.21. The first kappa shape index (κ1) is 14.9. The second kappa shape index (κ2) is 5.83. The van der Waals surface area contributed by atoms with Crippen molar-refractivity contribution in [3.05, 3.63) is 29.8 Å². The third-order valence-corrected chi connectivity index (χ3v) is 3.95. The van der Waals surface area contributed by atoms with Crippen LogP contribution >= 0.6 is 0 Å². The van der Waals surface area contributed by atoms with E-state index in [0.29, 0.717) is 11.6 Å². The molecule has 20 heavy (non-hydrogen) atoms. The number of carboxylic acids is 1. The summed E-state index contributed by atoms with van der Waals surface area (Å²) in [6, 6.07) is 7.47. The molecule has 0 saturated carbocycles. The predicted molar refractivity (Wildman–Crippen MR) is 81.4 cm³/mol. The highest BCUT2D eigenvalue weighted by atomic mass is 16.4. The highest BCUT2D eigenvalue weighted by Gasteiger charge is 2.26. The molecule has 0 atom stereocenters. The van der Waals surface area contributed by atoms with Crippen molar-refractivity contribution in [2.45, 2.75) is 45.2 Å². The van der Waals surface area contributed by atoms with Gasteiger partial charge in [0.05, 0.1) is 5.56 Å². The number of piperidine rings is 1. The summed E-state index contributed by atoms with van der Waals surface area (Å²) < 4.78 is 0. The van der Waals surface area contributed by atoms with Crippen LogP contribution in [0.1, 0.15) is 44.0 Å². The molecule has 0 amide bonds. The summed E-state index contributed by atoms with van der Waals surface area (Å²) in [5.41, 5.74) is 1.58. The van der Waals surface area contributed by atoms with E-state index >= 15 is 0 Å². The minimum absolute atomic E-state index is 0.244. The molecule has 0 aromatic heterocycles. The lowest BCUT2D eigenvalue weighted by Gasteiger charge is -2.41. The Morgan fingerprint density at radius 3 is 2.20 bits per heavy atom. The number of nitrogens with one attached hydrogen (secondary N) is 1. The topological polar surface area (TPSA) is 52.6 Å². The van der Waals surface area contributed by atoms with Crippen molar-refractivity contribution in [2.24, 2.45) is 0 Å². The van der Waals surface area contributed by atoms with E-state index in [2.05, 4.69) is 31.0 Å². The van der Waals surface area contributed by atoms with Gasteiger partial charge < -0.3 is 10.4 Å². The molecule has 1 fully saturated rings. The lowest BCUT2D eigenvalue weighted by Crippen LogP contribution is -2.48. The van der Waals surface area contributed by atoms with Crippen molar-refractivity contribution >= 4 is 11.7 Å². The van der Waals surface area contributed by atoms with Gasteiger partial charge in [-0.05, 0) is 57.9 Å². The number of likely N-dealkylation sites (tertiary alicyclic amines) is 1. The molecule has 2 rings (SSSR count). The first-order chi connectivity index (χ1) is 9.36. The van der Waals surface area contributed by atoms with Crippen molar-refractivity contribution in [1.82, 2.24) is 4.90 Å².